The van der Waals surface area contributed by atoms with Gasteiger partial charge >= 0.3 is 5.97 Å². The van der Waals surface area contributed by atoms with Crippen molar-refractivity contribution in [3.05, 3.63) is 71.8 Å². The fourth-order valence-electron chi connectivity index (χ4n) is 3.54. The summed E-state index contributed by atoms with van der Waals surface area (Å²) < 4.78 is 18.2. The van der Waals surface area contributed by atoms with Crippen LogP contribution in [0.25, 0.3) is 0 Å². The van der Waals surface area contributed by atoms with Gasteiger partial charge in [-0.05, 0) is 29.4 Å². The molecule has 2 aromatic carbocycles. The van der Waals surface area contributed by atoms with Crippen LogP contribution in [0.15, 0.2) is 60.7 Å². The summed E-state index contributed by atoms with van der Waals surface area (Å²) >= 11 is 1.68. The van der Waals surface area contributed by atoms with Gasteiger partial charge in [-0.15, -0.1) is 11.8 Å². The molecule has 3 rings (SSSR count). The minimum absolute atomic E-state index is 0.0237. The Morgan fingerprint density at radius 1 is 1.00 bits per heavy atom. The molecule has 0 spiro atoms. The van der Waals surface area contributed by atoms with E-state index in [1.165, 1.54) is 0 Å². The van der Waals surface area contributed by atoms with E-state index in [0.29, 0.717) is 18.8 Å². The predicted molar refractivity (Wildman–Crippen MR) is 117 cm³/mol. The van der Waals surface area contributed by atoms with Crippen molar-refractivity contribution >= 4 is 17.7 Å². The highest BCUT2D eigenvalue weighted by molar-refractivity contribution is 7.99. The quantitative estimate of drug-likeness (QED) is 0.557. The maximum atomic E-state index is 12.6. The van der Waals surface area contributed by atoms with Crippen molar-refractivity contribution in [2.45, 2.75) is 45.0 Å². The molecule has 4 nitrogen and oxygen atoms in total. The Morgan fingerprint density at radius 3 is 2.31 bits per heavy atom. The Bertz CT molecular complexity index is 752. The molecule has 0 aromatic heterocycles. The molecule has 0 amide bonds. The number of carbonyl (C=O) groups is 1. The number of benzene rings is 2. The lowest BCUT2D eigenvalue weighted by atomic mass is 9.84. The molecule has 0 saturated carbocycles. The van der Waals surface area contributed by atoms with Crippen LogP contribution in [-0.4, -0.2) is 36.0 Å². The van der Waals surface area contributed by atoms with Crippen molar-refractivity contribution in [3.63, 3.8) is 0 Å². The van der Waals surface area contributed by atoms with Crippen molar-refractivity contribution in [1.29, 1.82) is 0 Å². The van der Waals surface area contributed by atoms with Gasteiger partial charge in [0.15, 0.2) is 0 Å². The van der Waals surface area contributed by atoms with E-state index in [-0.39, 0.29) is 35.4 Å². The normalized spacial score (nSPS) is 26.8. The van der Waals surface area contributed by atoms with E-state index in [1.807, 2.05) is 36.4 Å². The van der Waals surface area contributed by atoms with E-state index in [0.717, 1.165) is 11.3 Å². The van der Waals surface area contributed by atoms with Crippen LogP contribution in [0.4, 0.5) is 0 Å². The van der Waals surface area contributed by atoms with E-state index in [1.54, 1.807) is 23.9 Å². The second-order valence-corrected chi connectivity index (χ2v) is 8.83. The maximum absolute atomic E-state index is 12.6. The molecule has 0 bridgehead atoms. The molecule has 0 N–H and O–H groups in total. The van der Waals surface area contributed by atoms with E-state index >= 15 is 0 Å². The summed E-state index contributed by atoms with van der Waals surface area (Å²) in [4.78, 5) is 12.6. The number of hydrogen-bond acceptors (Lipinski definition) is 5. The lowest BCUT2D eigenvalue weighted by molar-refractivity contribution is -0.156. The zero-order valence-corrected chi connectivity index (χ0v) is 18.1. The molecule has 29 heavy (non-hydrogen) atoms. The average Bonchev–Trinajstić information content (AvgIpc) is 2.75. The third kappa shape index (κ3) is 5.84. The van der Waals surface area contributed by atoms with Crippen molar-refractivity contribution < 1.29 is 19.0 Å². The molecule has 2 aromatic rings. The second-order valence-electron chi connectivity index (χ2n) is 7.45. The van der Waals surface area contributed by atoms with Gasteiger partial charge in [-0.3, -0.25) is 0 Å². The molecular weight excluding hydrogens is 384 g/mol. The van der Waals surface area contributed by atoms with Crippen molar-refractivity contribution in [3.8, 4) is 0 Å². The standard InChI is InChI=1S/C24H30O4S/c1-4-29-24-22(28-23(25)20-13-9-6-10-14-20)18(3)17(2)21(27-24)16-26-15-19-11-7-5-8-12-19/h5-14,17-18,21-22,24H,4,15-16H2,1-3H3/t17-,18-,21?,22?,24-/m0/s1. The van der Waals surface area contributed by atoms with Gasteiger partial charge in [0.2, 0.25) is 0 Å². The summed E-state index contributed by atoms with van der Waals surface area (Å²) in [7, 11) is 0. The Labute approximate surface area is 177 Å². The third-order valence-electron chi connectivity index (χ3n) is 5.49. The summed E-state index contributed by atoms with van der Waals surface area (Å²) in [5.74, 6) is 0.987. The molecule has 2 unspecified atom stereocenters. The van der Waals surface area contributed by atoms with Gasteiger partial charge in [-0.1, -0.05) is 69.3 Å². The topological polar surface area (TPSA) is 44.8 Å². The highest BCUT2D eigenvalue weighted by Gasteiger charge is 2.43. The number of carbonyl (C=O) groups excluding carboxylic acids is 1. The molecule has 1 aliphatic heterocycles. The molecule has 0 aliphatic carbocycles. The Hall–Kier alpha value is -1.82. The molecular formula is C24H30O4S. The SMILES string of the molecule is CCS[C@@H]1OC(COCc2ccccc2)[C@@H](C)[C@H](C)C1OC(=O)c1ccccc1. The average molecular weight is 415 g/mol. The largest absolute Gasteiger partial charge is 0.455 e. The van der Waals surface area contributed by atoms with Crippen LogP contribution < -0.4 is 0 Å². The Morgan fingerprint density at radius 2 is 1.66 bits per heavy atom. The molecule has 1 saturated heterocycles. The second kappa shape index (κ2) is 10.8. The summed E-state index contributed by atoms with van der Waals surface area (Å²) in [6.45, 7) is 7.48. The van der Waals surface area contributed by atoms with Gasteiger partial charge in [0.25, 0.3) is 0 Å². The van der Waals surface area contributed by atoms with Crippen LogP contribution in [0.1, 0.15) is 36.7 Å². The first kappa shape index (κ1) is 21.9. The summed E-state index contributed by atoms with van der Waals surface area (Å²) in [6, 6.07) is 19.3. The molecule has 1 heterocycles. The van der Waals surface area contributed by atoms with E-state index in [4.69, 9.17) is 14.2 Å². The van der Waals surface area contributed by atoms with Gasteiger partial charge in [0, 0.05) is 5.92 Å². The number of thioether (sulfide) groups is 1. The van der Waals surface area contributed by atoms with Crippen LogP contribution in [0, 0.1) is 11.8 Å². The number of ether oxygens (including phenoxy) is 3. The molecule has 156 valence electrons. The van der Waals surface area contributed by atoms with Gasteiger partial charge in [0.1, 0.15) is 11.5 Å². The lowest BCUT2D eigenvalue weighted by Gasteiger charge is -2.43. The highest BCUT2D eigenvalue weighted by Crippen LogP contribution is 2.37. The number of hydrogen-bond donors (Lipinski definition) is 0. The van der Waals surface area contributed by atoms with Crippen LogP contribution in [0.5, 0.6) is 0 Å². The Kier molecular flexibility index (Phi) is 8.16. The molecule has 5 heteroatoms. The summed E-state index contributed by atoms with van der Waals surface area (Å²) in [5, 5.41) is 0. The van der Waals surface area contributed by atoms with Crippen LogP contribution in [0.2, 0.25) is 0 Å². The highest BCUT2D eigenvalue weighted by atomic mass is 32.2. The zero-order chi connectivity index (χ0) is 20.6. The molecule has 5 atom stereocenters. The number of esters is 1. The number of rotatable bonds is 8. The van der Waals surface area contributed by atoms with Gasteiger partial charge in [-0.2, -0.15) is 0 Å². The first-order valence-corrected chi connectivity index (χ1v) is 11.3. The monoisotopic (exact) mass is 414 g/mol. The van der Waals surface area contributed by atoms with Gasteiger partial charge in [-0.25, -0.2) is 4.79 Å². The fourth-order valence-corrected chi connectivity index (χ4v) is 4.59. The van der Waals surface area contributed by atoms with Crippen LogP contribution in [-0.2, 0) is 20.8 Å². The minimum atomic E-state index is -0.293. The fraction of sp³-hybridized carbons (Fsp3) is 0.458. The smallest absolute Gasteiger partial charge is 0.338 e. The van der Waals surface area contributed by atoms with Crippen molar-refractivity contribution in [2.75, 3.05) is 12.4 Å². The molecule has 0 radical (unpaired) electrons. The first-order valence-electron chi connectivity index (χ1n) is 10.2. The molecule has 1 fully saturated rings. The lowest BCUT2D eigenvalue weighted by Crippen LogP contribution is -2.51. The van der Waals surface area contributed by atoms with Crippen LogP contribution >= 0.6 is 11.8 Å². The zero-order valence-electron chi connectivity index (χ0n) is 17.3. The molecule has 1 aliphatic rings. The first-order chi connectivity index (χ1) is 14.1. The minimum Gasteiger partial charge on any atom is -0.455 e. The van der Waals surface area contributed by atoms with Crippen molar-refractivity contribution in [1.82, 2.24) is 0 Å². The summed E-state index contributed by atoms with van der Waals surface area (Å²) in [5.41, 5.74) is 1.53. The summed E-state index contributed by atoms with van der Waals surface area (Å²) in [6.07, 6.45) is -0.308. The Balaban J connectivity index is 1.62. The third-order valence-corrected chi connectivity index (χ3v) is 6.53. The van der Waals surface area contributed by atoms with E-state index in [9.17, 15) is 4.79 Å². The van der Waals surface area contributed by atoms with Crippen LogP contribution in [0.3, 0.4) is 0 Å². The van der Waals surface area contributed by atoms with Gasteiger partial charge in [0.05, 0.1) is 24.9 Å². The van der Waals surface area contributed by atoms with Crippen molar-refractivity contribution in [2.24, 2.45) is 11.8 Å². The van der Waals surface area contributed by atoms with E-state index in [2.05, 4.69) is 32.9 Å². The predicted octanol–water partition coefficient (Wildman–Crippen LogP) is 5.18. The van der Waals surface area contributed by atoms with Gasteiger partial charge < -0.3 is 14.2 Å². The maximum Gasteiger partial charge on any atom is 0.338 e. The van der Waals surface area contributed by atoms with E-state index < -0.39 is 0 Å².